The number of aromatic nitrogens is 3. The van der Waals surface area contributed by atoms with Crippen molar-refractivity contribution in [1.82, 2.24) is 15.0 Å². The number of hydrogen-bond acceptors (Lipinski definition) is 7. The molecule has 0 saturated carbocycles. The van der Waals surface area contributed by atoms with Gasteiger partial charge in [-0.1, -0.05) is 13.8 Å². The third-order valence-corrected chi connectivity index (χ3v) is 2.99. The molecule has 1 aromatic rings. The Morgan fingerprint density at radius 1 is 1.10 bits per heavy atom. The molecule has 0 bridgehead atoms. The molecule has 1 rings (SSSR count). The van der Waals surface area contributed by atoms with Crippen LogP contribution in [0.25, 0.3) is 0 Å². The summed E-state index contributed by atoms with van der Waals surface area (Å²) in [4.78, 5) is 12.8. The maximum Gasteiger partial charge on any atom is 0.323 e. The molecular weight excluding hydrogens is 270 g/mol. The van der Waals surface area contributed by atoms with Crippen LogP contribution in [0, 0.1) is 5.92 Å². The van der Waals surface area contributed by atoms with Gasteiger partial charge < -0.3 is 20.5 Å². The number of ether oxygens (including phenoxy) is 1. The van der Waals surface area contributed by atoms with Gasteiger partial charge in [0, 0.05) is 19.2 Å². The van der Waals surface area contributed by atoms with Crippen LogP contribution in [0.3, 0.4) is 0 Å². The summed E-state index contributed by atoms with van der Waals surface area (Å²) in [5.41, 5.74) is 0. The number of rotatable bonds is 9. The first-order valence-electron chi connectivity index (χ1n) is 7.50. The molecule has 0 amide bonds. The molecule has 0 aromatic carbocycles. The van der Waals surface area contributed by atoms with E-state index in [0.717, 1.165) is 13.0 Å². The third kappa shape index (κ3) is 6.12. The summed E-state index contributed by atoms with van der Waals surface area (Å²) in [6, 6.07) is 0.341. The zero-order chi connectivity index (χ0) is 15.8. The van der Waals surface area contributed by atoms with Crippen molar-refractivity contribution >= 4 is 11.9 Å². The van der Waals surface area contributed by atoms with Crippen molar-refractivity contribution in [3.05, 3.63) is 0 Å². The zero-order valence-electron chi connectivity index (χ0n) is 13.6. The van der Waals surface area contributed by atoms with Crippen molar-refractivity contribution < 1.29 is 9.84 Å². The first kappa shape index (κ1) is 17.4. The van der Waals surface area contributed by atoms with E-state index in [-0.39, 0.29) is 24.7 Å². The van der Waals surface area contributed by atoms with Crippen LogP contribution in [-0.4, -0.2) is 45.4 Å². The second kappa shape index (κ2) is 8.61. The topological polar surface area (TPSA) is 92.2 Å². The van der Waals surface area contributed by atoms with Crippen LogP contribution in [-0.2, 0) is 0 Å². The van der Waals surface area contributed by atoms with Crippen LogP contribution in [0.4, 0.5) is 11.9 Å². The van der Waals surface area contributed by atoms with Crippen LogP contribution in [0.1, 0.15) is 41.0 Å². The Labute approximate surface area is 126 Å². The summed E-state index contributed by atoms with van der Waals surface area (Å²) >= 11 is 0. The average Bonchev–Trinajstić information content (AvgIpc) is 2.43. The largest absolute Gasteiger partial charge is 0.461 e. The molecule has 0 fully saturated rings. The van der Waals surface area contributed by atoms with Crippen LogP contribution in [0.15, 0.2) is 0 Å². The predicted octanol–water partition coefficient (Wildman–Crippen LogP) is 1.91. The van der Waals surface area contributed by atoms with E-state index in [9.17, 15) is 5.11 Å². The van der Waals surface area contributed by atoms with Gasteiger partial charge in [-0.25, -0.2) is 0 Å². The molecule has 0 radical (unpaired) electrons. The molecule has 0 aliphatic heterocycles. The van der Waals surface area contributed by atoms with E-state index >= 15 is 0 Å². The van der Waals surface area contributed by atoms with E-state index < -0.39 is 0 Å². The molecule has 7 nitrogen and oxygen atoms in total. The molecule has 2 unspecified atom stereocenters. The van der Waals surface area contributed by atoms with Crippen LogP contribution in [0.2, 0.25) is 0 Å². The maximum atomic E-state index is 9.20. The smallest absolute Gasteiger partial charge is 0.323 e. The Hall–Kier alpha value is -1.63. The lowest BCUT2D eigenvalue weighted by Crippen LogP contribution is -2.27. The van der Waals surface area contributed by atoms with Gasteiger partial charge in [-0.2, -0.15) is 15.0 Å². The van der Waals surface area contributed by atoms with E-state index in [2.05, 4.69) is 32.5 Å². The molecule has 21 heavy (non-hydrogen) atoms. The third-order valence-electron chi connectivity index (χ3n) is 2.99. The van der Waals surface area contributed by atoms with Crippen LogP contribution in [0.5, 0.6) is 6.01 Å². The minimum absolute atomic E-state index is 0.00642. The number of nitrogens with zero attached hydrogens (tertiary/aromatic N) is 3. The highest BCUT2D eigenvalue weighted by atomic mass is 16.5. The van der Waals surface area contributed by atoms with E-state index in [1.54, 1.807) is 0 Å². The highest BCUT2D eigenvalue weighted by Crippen LogP contribution is 2.15. The van der Waals surface area contributed by atoms with Crippen molar-refractivity contribution in [3.8, 4) is 6.01 Å². The maximum absolute atomic E-state index is 9.20. The summed E-state index contributed by atoms with van der Waals surface area (Å²) in [6.07, 6.45) is 0.973. The molecule has 0 spiro atoms. The van der Waals surface area contributed by atoms with E-state index in [0.29, 0.717) is 17.9 Å². The Morgan fingerprint density at radius 3 is 2.33 bits per heavy atom. The lowest BCUT2D eigenvalue weighted by molar-refractivity contribution is 0.221. The first-order chi connectivity index (χ1) is 9.96. The van der Waals surface area contributed by atoms with E-state index in [1.807, 2.05) is 27.7 Å². The molecule has 3 N–H and O–H groups in total. The van der Waals surface area contributed by atoms with Gasteiger partial charge in [-0.3, -0.25) is 0 Å². The standard InChI is InChI=1S/C14H27N5O2/c1-6-7-15-12-17-13(16-11(5)10(4)8-20)19-14(18-12)21-9(2)3/h9-11,20H,6-8H2,1-5H3,(H2,15,16,17,18,19). The van der Waals surface area contributed by atoms with Gasteiger partial charge in [0.2, 0.25) is 11.9 Å². The van der Waals surface area contributed by atoms with Gasteiger partial charge in [0.15, 0.2) is 0 Å². The van der Waals surface area contributed by atoms with E-state index in [1.165, 1.54) is 0 Å². The summed E-state index contributed by atoms with van der Waals surface area (Å²) in [7, 11) is 0. The van der Waals surface area contributed by atoms with Crippen molar-refractivity contribution in [2.24, 2.45) is 5.92 Å². The molecule has 0 saturated heterocycles. The quantitative estimate of drug-likeness (QED) is 0.641. The minimum Gasteiger partial charge on any atom is -0.461 e. The Morgan fingerprint density at radius 2 is 1.76 bits per heavy atom. The van der Waals surface area contributed by atoms with Gasteiger partial charge in [0.25, 0.3) is 0 Å². The summed E-state index contributed by atoms with van der Waals surface area (Å²) in [5.74, 6) is 1.05. The number of hydrogen-bond donors (Lipinski definition) is 3. The van der Waals surface area contributed by atoms with Crippen molar-refractivity contribution in [3.63, 3.8) is 0 Å². The van der Waals surface area contributed by atoms with Crippen LogP contribution >= 0.6 is 0 Å². The lowest BCUT2D eigenvalue weighted by Gasteiger charge is -2.20. The SMILES string of the molecule is CCCNc1nc(NC(C)C(C)CO)nc(OC(C)C)n1. The van der Waals surface area contributed by atoms with Crippen molar-refractivity contribution in [2.75, 3.05) is 23.8 Å². The highest BCUT2D eigenvalue weighted by Gasteiger charge is 2.14. The molecule has 1 aromatic heterocycles. The number of aliphatic hydroxyl groups is 1. The fourth-order valence-corrected chi connectivity index (χ4v) is 1.50. The second-order valence-corrected chi connectivity index (χ2v) is 5.45. The average molecular weight is 297 g/mol. The Kier molecular flexibility index (Phi) is 7.14. The fourth-order valence-electron chi connectivity index (χ4n) is 1.50. The number of aliphatic hydroxyl groups excluding tert-OH is 1. The second-order valence-electron chi connectivity index (χ2n) is 5.45. The van der Waals surface area contributed by atoms with Gasteiger partial charge in [0.05, 0.1) is 6.10 Å². The number of nitrogens with one attached hydrogen (secondary N) is 2. The van der Waals surface area contributed by atoms with Gasteiger partial charge >= 0.3 is 6.01 Å². The minimum atomic E-state index is -0.00642. The zero-order valence-corrected chi connectivity index (χ0v) is 13.6. The normalized spacial score (nSPS) is 13.9. The Bertz CT molecular complexity index is 428. The van der Waals surface area contributed by atoms with Gasteiger partial charge in [-0.05, 0) is 33.1 Å². The van der Waals surface area contributed by atoms with Gasteiger partial charge in [-0.15, -0.1) is 0 Å². The van der Waals surface area contributed by atoms with E-state index in [4.69, 9.17) is 4.74 Å². The molecule has 1 heterocycles. The van der Waals surface area contributed by atoms with Crippen molar-refractivity contribution in [1.29, 1.82) is 0 Å². The van der Waals surface area contributed by atoms with Crippen LogP contribution < -0.4 is 15.4 Å². The van der Waals surface area contributed by atoms with Gasteiger partial charge in [0.1, 0.15) is 0 Å². The molecular formula is C14H27N5O2. The summed E-state index contributed by atoms with van der Waals surface area (Å²) in [5, 5.41) is 15.5. The summed E-state index contributed by atoms with van der Waals surface area (Å²) in [6.45, 7) is 10.7. The number of anilines is 2. The lowest BCUT2D eigenvalue weighted by atomic mass is 10.1. The predicted molar refractivity (Wildman–Crippen MR) is 83.7 cm³/mol. The highest BCUT2D eigenvalue weighted by molar-refractivity contribution is 5.36. The molecule has 0 aliphatic carbocycles. The molecule has 7 heteroatoms. The molecule has 2 atom stereocenters. The first-order valence-corrected chi connectivity index (χ1v) is 7.50. The fraction of sp³-hybridized carbons (Fsp3) is 0.786. The van der Waals surface area contributed by atoms with Crippen molar-refractivity contribution in [2.45, 2.75) is 53.2 Å². The summed E-state index contributed by atoms with van der Waals surface area (Å²) < 4.78 is 5.55. The monoisotopic (exact) mass is 297 g/mol. The molecule has 0 aliphatic rings. The molecule has 120 valence electrons. The Balaban J connectivity index is 2.89.